The standard InChI is InChI=1S/C20H21F2N7OS/c1-23-19(30)14-2-3-15(17(22)27-14)29-9-5-12(6-10-29)26-13-4-7-24-18(16(13)21)28-20-25-8-11-31-20/h2-4,7-8,11-12H,5-6,9-10H2,1H3,(H,23,30)(H2,24,25,26,28). The van der Waals surface area contributed by atoms with Crippen molar-refractivity contribution >= 4 is 39.6 Å². The zero-order valence-electron chi connectivity index (χ0n) is 16.7. The van der Waals surface area contributed by atoms with Crippen LogP contribution in [0.5, 0.6) is 0 Å². The molecule has 11 heteroatoms. The average Bonchev–Trinajstić information content (AvgIpc) is 3.30. The summed E-state index contributed by atoms with van der Waals surface area (Å²) in [6.07, 6.45) is 4.54. The summed E-state index contributed by atoms with van der Waals surface area (Å²) in [5, 5.41) is 10.9. The van der Waals surface area contributed by atoms with E-state index in [2.05, 4.69) is 30.9 Å². The van der Waals surface area contributed by atoms with Gasteiger partial charge < -0.3 is 20.9 Å². The monoisotopic (exact) mass is 445 g/mol. The Balaban J connectivity index is 1.38. The van der Waals surface area contributed by atoms with Gasteiger partial charge in [-0.1, -0.05) is 0 Å². The van der Waals surface area contributed by atoms with Gasteiger partial charge >= 0.3 is 0 Å². The second-order valence-electron chi connectivity index (χ2n) is 6.97. The van der Waals surface area contributed by atoms with E-state index in [-0.39, 0.29) is 17.6 Å². The van der Waals surface area contributed by atoms with Gasteiger partial charge in [0.2, 0.25) is 5.95 Å². The molecule has 4 rings (SSSR count). The lowest BCUT2D eigenvalue weighted by Crippen LogP contribution is -2.39. The quantitative estimate of drug-likeness (QED) is 0.501. The Morgan fingerprint density at radius 3 is 2.65 bits per heavy atom. The number of nitrogens with one attached hydrogen (secondary N) is 3. The van der Waals surface area contributed by atoms with Gasteiger partial charge in [0.25, 0.3) is 5.91 Å². The summed E-state index contributed by atoms with van der Waals surface area (Å²) in [4.78, 5) is 25.4. The predicted molar refractivity (Wildman–Crippen MR) is 116 cm³/mol. The van der Waals surface area contributed by atoms with Crippen LogP contribution < -0.4 is 20.9 Å². The van der Waals surface area contributed by atoms with Gasteiger partial charge in [0.15, 0.2) is 16.8 Å². The first-order chi connectivity index (χ1) is 15.0. The smallest absolute Gasteiger partial charge is 0.269 e. The predicted octanol–water partition coefficient (Wildman–Crippen LogP) is 3.40. The van der Waals surface area contributed by atoms with Crippen molar-refractivity contribution in [2.75, 3.05) is 35.7 Å². The first-order valence-corrected chi connectivity index (χ1v) is 10.6. The summed E-state index contributed by atoms with van der Waals surface area (Å²) in [6, 6.07) is 4.70. The third-order valence-electron chi connectivity index (χ3n) is 5.03. The number of thiazole rings is 1. The van der Waals surface area contributed by atoms with Crippen molar-refractivity contribution in [2.45, 2.75) is 18.9 Å². The molecule has 4 heterocycles. The van der Waals surface area contributed by atoms with Gasteiger partial charge in [-0.05, 0) is 31.0 Å². The third kappa shape index (κ3) is 4.71. The summed E-state index contributed by atoms with van der Waals surface area (Å²) in [5.74, 6) is -1.47. The lowest BCUT2D eigenvalue weighted by Gasteiger charge is -2.34. The SMILES string of the molecule is CNC(=O)c1ccc(N2CCC(Nc3ccnc(Nc4nccs4)c3F)CC2)c(F)n1. The molecule has 1 aliphatic heterocycles. The molecule has 0 radical (unpaired) electrons. The molecule has 1 amide bonds. The number of carbonyl (C=O) groups excluding carboxylic acids is 1. The van der Waals surface area contributed by atoms with Crippen molar-refractivity contribution in [3.63, 3.8) is 0 Å². The number of carbonyl (C=O) groups is 1. The Morgan fingerprint density at radius 2 is 1.97 bits per heavy atom. The van der Waals surface area contributed by atoms with Crippen molar-refractivity contribution in [3.8, 4) is 0 Å². The highest BCUT2D eigenvalue weighted by atomic mass is 32.1. The van der Waals surface area contributed by atoms with Gasteiger partial charge in [0.1, 0.15) is 5.69 Å². The molecule has 1 fully saturated rings. The van der Waals surface area contributed by atoms with Crippen LogP contribution >= 0.6 is 11.3 Å². The largest absolute Gasteiger partial charge is 0.380 e. The topological polar surface area (TPSA) is 95.1 Å². The normalized spacial score (nSPS) is 14.4. The van der Waals surface area contributed by atoms with E-state index < -0.39 is 17.7 Å². The number of hydrogen-bond donors (Lipinski definition) is 3. The molecular formula is C20H21F2N7OS. The Kier molecular flexibility index (Phi) is 6.21. The minimum atomic E-state index is -0.675. The molecule has 0 aromatic carbocycles. The van der Waals surface area contributed by atoms with E-state index in [4.69, 9.17) is 0 Å². The average molecular weight is 445 g/mol. The van der Waals surface area contributed by atoms with Crippen molar-refractivity contribution < 1.29 is 13.6 Å². The molecule has 8 nitrogen and oxygen atoms in total. The van der Waals surface area contributed by atoms with Gasteiger partial charge in [-0.25, -0.2) is 19.3 Å². The molecule has 0 aliphatic carbocycles. The fourth-order valence-corrected chi connectivity index (χ4v) is 3.96. The second-order valence-corrected chi connectivity index (χ2v) is 7.87. The molecule has 1 saturated heterocycles. The van der Waals surface area contributed by atoms with Crippen LogP contribution in [0.25, 0.3) is 0 Å². The lowest BCUT2D eigenvalue weighted by molar-refractivity contribution is 0.0957. The highest BCUT2D eigenvalue weighted by molar-refractivity contribution is 7.13. The van der Waals surface area contributed by atoms with E-state index in [1.54, 1.807) is 23.7 Å². The van der Waals surface area contributed by atoms with Crippen LogP contribution in [0.2, 0.25) is 0 Å². The van der Waals surface area contributed by atoms with Crippen LogP contribution in [0, 0.1) is 11.8 Å². The number of rotatable bonds is 6. The number of pyridine rings is 2. The van der Waals surface area contributed by atoms with Gasteiger partial charge in [-0.2, -0.15) is 4.39 Å². The van der Waals surface area contributed by atoms with Crippen LogP contribution in [0.3, 0.4) is 0 Å². The third-order valence-corrected chi connectivity index (χ3v) is 5.72. The van der Waals surface area contributed by atoms with Gasteiger partial charge in [0, 0.05) is 44.0 Å². The molecule has 31 heavy (non-hydrogen) atoms. The molecule has 3 aromatic rings. The maximum atomic E-state index is 14.8. The number of halogens is 2. The number of amides is 1. The van der Waals surface area contributed by atoms with Crippen molar-refractivity contribution in [3.05, 3.63) is 53.4 Å². The van der Waals surface area contributed by atoms with Crippen LogP contribution in [0.15, 0.2) is 36.0 Å². The zero-order chi connectivity index (χ0) is 21.8. The van der Waals surface area contributed by atoms with Gasteiger partial charge in [0.05, 0.1) is 11.4 Å². The van der Waals surface area contributed by atoms with E-state index in [9.17, 15) is 13.6 Å². The van der Waals surface area contributed by atoms with Crippen molar-refractivity contribution in [1.29, 1.82) is 0 Å². The Hall–Kier alpha value is -3.34. The highest BCUT2D eigenvalue weighted by Crippen LogP contribution is 2.28. The number of hydrogen-bond acceptors (Lipinski definition) is 8. The molecule has 0 spiro atoms. The number of aromatic nitrogens is 3. The number of anilines is 4. The first-order valence-electron chi connectivity index (χ1n) is 9.76. The summed E-state index contributed by atoms with van der Waals surface area (Å²) >= 11 is 1.36. The van der Waals surface area contributed by atoms with Crippen molar-refractivity contribution in [2.24, 2.45) is 0 Å². The van der Waals surface area contributed by atoms with E-state index in [0.29, 0.717) is 42.4 Å². The second kappa shape index (κ2) is 9.21. The molecule has 3 aromatic heterocycles. The summed E-state index contributed by atoms with van der Waals surface area (Å²) in [6.45, 7) is 1.15. The van der Waals surface area contributed by atoms with Gasteiger partial charge in [-0.15, -0.1) is 11.3 Å². The number of nitrogens with zero attached hydrogens (tertiary/aromatic N) is 4. The first kappa shape index (κ1) is 20.9. The molecule has 0 atom stereocenters. The minimum Gasteiger partial charge on any atom is -0.380 e. The molecule has 1 aliphatic rings. The van der Waals surface area contributed by atoms with E-state index in [1.165, 1.54) is 30.6 Å². The Bertz CT molecular complexity index is 1060. The van der Waals surface area contributed by atoms with Crippen molar-refractivity contribution in [1.82, 2.24) is 20.3 Å². The zero-order valence-corrected chi connectivity index (χ0v) is 17.5. The molecule has 0 bridgehead atoms. The maximum absolute atomic E-state index is 14.8. The van der Waals surface area contributed by atoms with Crippen LogP contribution in [-0.2, 0) is 0 Å². The molecule has 3 N–H and O–H groups in total. The highest BCUT2D eigenvalue weighted by Gasteiger charge is 2.24. The Morgan fingerprint density at radius 1 is 1.16 bits per heavy atom. The molecule has 0 unspecified atom stereocenters. The summed E-state index contributed by atoms with van der Waals surface area (Å²) in [7, 11) is 1.47. The van der Waals surface area contributed by atoms with E-state index in [0.717, 1.165) is 0 Å². The fraction of sp³-hybridized carbons (Fsp3) is 0.300. The molecular weight excluding hydrogens is 424 g/mol. The lowest BCUT2D eigenvalue weighted by atomic mass is 10.0. The molecule has 0 saturated carbocycles. The fourth-order valence-electron chi connectivity index (χ4n) is 3.43. The summed E-state index contributed by atoms with van der Waals surface area (Å²) in [5.41, 5.74) is 0.752. The maximum Gasteiger partial charge on any atom is 0.269 e. The number of piperidine rings is 1. The van der Waals surface area contributed by atoms with Crippen LogP contribution in [0.1, 0.15) is 23.3 Å². The van der Waals surface area contributed by atoms with E-state index in [1.807, 2.05) is 4.90 Å². The van der Waals surface area contributed by atoms with Crippen LogP contribution in [-0.4, -0.2) is 47.0 Å². The van der Waals surface area contributed by atoms with Crippen LogP contribution in [0.4, 0.5) is 31.1 Å². The van der Waals surface area contributed by atoms with E-state index >= 15 is 0 Å². The van der Waals surface area contributed by atoms with Gasteiger partial charge in [-0.3, -0.25) is 4.79 Å². The minimum absolute atomic E-state index is 0.0297. The summed E-state index contributed by atoms with van der Waals surface area (Å²) < 4.78 is 29.2. The Labute approximate surface area is 181 Å². The molecule has 162 valence electrons.